The van der Waals surface area contributed by atoms with Crippen LogP contribution in [0.3, 0.4) is 0 Å². The maximum atomic E-state index is 12.8. The van der Waals surface area contributed by atoms with Gasteiger partial charge in [0.1, 0.15) is 5.69 Å². The Morgan fingerprint density at radius 2 is 1.77 bits per heavy atom. The Bertz CT molecular complexity index is 767. The predicted molar refractivity (Wildman–Crippen MR) is 90.4 cm³/mol. The van der Waals surface area contributed by atoms with Crippen molar-refractivity contribution in [3.8, 4) is 11.3 Å². The van der Waals surface area contributed by atoms with Crippen LogP contribution in [0.25, 0.3) is 11.3 Å². The fraction of sp³-hybridized carbons (Fsp3) is 0.368. The lowest BCUT2D eigenvalue weighted by molar-refractivity contribution is -0.141. The van der Waals surface area contributed by atoms with Crippen molar-refractivity contribution < 1.29 is 23.1 Å². The van der Waals surface area contributed by atoms with Gasteiger partial charge >= 0.3 is 6.18 Å². The maximum absolute atomic E-state index is 12.8. The largest absolute Gasteiger partial charge is 0.433 e. The Morgan fingerprint density at radius 3 is 2.35 bits per heavy atom. The van der Waals surface area contributed by atoms with Crippen LogP contribution in [-0.4, -0.2) is 40.6 Å². The number of carbonyl (C=O) groups is 1. The first-order chi connectivity index (χ1) is 12.4. The molecule has 1 aromatic heterocycles. The molecule has 2 heterocycles. The van der Waals surface area contributed by atoms with E-state index in [9.17, 15) is 18.0 Å². The molecular formula is C19H19F3N2O2. The van der Waals surface area contributed by atoms with E-state index >= 15 is 0 Å². The summed E-state index contributed by atoms with van der Waals surface area (Å²) in [5.74, 6) is 0.137. The third-order valence-electron chi connectivity index (χ3n) is 4.63. The van der Waals surface area contributed by atoms with Gasteiger partial charge < -0.3 is 10.0 Å². The summed E-state index contributed by atoms with van der Waals surface area (Å²) in [6, 6.07) is 10.2. The van der Waals surface area contributed by atoms with Gasteiger partial charge in [-0.1, -0.05) is 18.2 Å². The minimum absolute atomic E-state index is 0.107. The number of piperidine rings is 1. The molecule has 1 saturated heterocycles. The highest BCUT2D eigenvalue weighted by molar-refractivity contribution is 5.94. The van der Waals surface area contributed by atoms with Gasteiger partial charge in [0.2, 0.25) is 0 Å². The first-order valence-corrected chi connectivity index (χ1v) is 8.43. The van der Waals surface area contributed by atoms with Crippen molar-refractivity contribution in [2.45, 2.75) is 19.0 Å². The molecule has 0 atom stereocenters. The fourth-order valence-corrected chi connectivity index (χ4v) is 3.04. The summed E-state index contributed by atoms with van der Waals surface area (Å²) >= 11 is 0. The zero-order chi connectivity index (χ0) is 18.7. The molecule has 3 rings (SSSR count). The SMILES string of the molecule is O=C(c1ccc(-c2cccc(C(F)(F)F)n2)cc1)N1CCC(CO)CC1. The second kappa shape index (κ2) is 7.45. The number of hydrogen-bond acceptors (Lipinski definition) is 3. The van der Waals surface area contributed by atoms with Gasteiger partial charge in [0.05, 0.1) is 5.69 Å². The average molecular weight is 364 g/mol. The molecule has 0 aliphatic carbocycles. The summed E-state index contributed by atoms with van der Waals surface area (Å²) in [7, 11) is 0. The van der Waals surface area contributed by atoms with Gasteiger partial charge in [-0.2, -0.15) is 13.2 Å². The monoisotopic (exact) mass is 364 g/mol. The molecule has 0 spiro atoms. The molecule has 138 valence electrons. The first kappa shape index (κ1) is 18.4. The molecule has 4 nitrogen and oxygen atoms in total. The van der Waals surface area contributed by atoms with E-state index in [1.165, 1.54) is 12.1 Å². The van der Waals surface area contributed by atoms with Crippen LogP contribution in [0.2, 0.25) is 0 Å². The van der Waals surface area contributed by atoms with Crippen molar-refractivity contribution in [3.63, 3.8) is 0 Å². The quantitative estimate of drug-likeness (QED) is 0.905. The summed E-state index contributed by atoms with van der Waals surface area (Å²) in [4.78, 5) is 17.9. The summed E-state index contributed by atoms with van der Waals surface area (Å²) in [6.07, 6.45) is -2.95. The number of aromatic nitrogens is 1. The number of amides is 1. The van der Waals surface area contributed by atoms with Crippen molar-refractivity contribution >= 4 is 5.91 Å². The van der Waals surface area contributed by atoms with E-state index < -0.39 is 11.9 Å². The van der Waals surface area contributed by atoms with Crippen molar-refractivity contribution in [2.75, 3.05) is 19.7 Å². The van der Waals surface area contributed by atoms with Gasteiger partial charge in [-0.05, 0) is 43.0 Å². The molecule has 2 aromatic rings. The highest BCUT2D eigenvalue weighted by Crippen LogP contribution is 2.29. The van der Waals surface area contributed by atoms with Crippen LogP contribution in [0.15, 0.2) is 42.5 Å². The predicted octanol–water partition coefficient (Wildman–Crippen LogP) is 3.61. The van der Waals surface area contributed by atoms with Crippen LogP contribution < -0.4 is 0 Å². The Morgan fingerprint density at radius 1 is 1.12 bits per heavy atom. The lowest BCUT2D eigenvalue weighted by Gasteiger charge is -2.31. The lowest BCUT2D eigenvalue weighted by Crippen LogP contribution is -2.39. The van der Waals surface area contributed by atoms with Gasteiger partial charge in [0.25, 0.3) is 5.91 Å². The van der Waals surface area contributed by atoms with E-state index in [1.807, 2.05) is 0 Å². The second-order valence-corrected chi connectivity index (χ2v) is 6.40. The minimum atomic E-state index is -4.49. The third-order valence-corrected chi connectivity index (χ3v) is 4.63. The third kappa shape index (κ3) is 4.04. The summed E-state index contributed by atoms with van der Waals surface area (Å²) in [5, 5.41) is 9.16. The van der Waals surface area contributed by atoms with Crippen molar-refractivity contribution in [1.29, 1.82) is 0 Å². The number of alkyl halides is 3. The number of pyridine rings is 1. The Kier molecular flexibility index (Phi) is 5.27. The molecule has 1 aliphatic rings. The molecule has 1 N–H and O–H groups in total. The zero-order valence-electron chi connectivity index (χ0n) is 14.0. The number of hydrogen-bond donors (Lipinski definition) is 1. The van der Waals surface area contributed by atoms with Crippen LogP contribution in [0.1, 0.15) is 28.9 Å². The number of aliphatic hydroxyl groups is 1. The van der Waals surface area contributed by atoms with Crippen LogP contribution >= 0.6 is 0 Å². The van der Waals surface area contributed by atoms with Crippen LogP contribution in [0.4, 0.5) is 13.2 Å². The number of likely N-dealkylation sites (tertiary alicyclic amines) is 1. The molecular weight excluding hydrogens is 345 g/mol. The van der Waals surface area contributed by atoms with Gasteiger partial charge in [-0.15, -0.1) is 0 Å². The summed E-state index contributed by atoms with van der Waals surface area (Å²) in [5.41, 5.74) is 0.277. The van der Waals surface area contributed by atoms with Crippen LogP contribution in [0.5, 0.6) is 0 Å². The average Bonchev–Trinajstić information content (AvgIpc) is 2.67. The van der Waals surface area contributed by atoms with Gasteiger partial charge in [0, 0.05) is 30.8 Å². The zero-order valence-corrected chi connectivity index (χ0v) is 14.0. The minimum Gasteiger partial charge on any atom is -0.396 e. The van der Waals surface area contributed by atoms with Crippen molar-refractivity contribution in [1.82, 2.24) is 9.88 Å². The maximum Gasteiger partial charge on any atom is 0.433 e. The number of carbonyl (C=O) groups excluding carboxylic acids is 1. The molecule has 0 unspecified atom stereocenters. The van der Waals surface area contributed by atoms with Gasteiger partial charge in [-0.25, -0.2) is 4.98 Å². The van der Waals surface area contributed by atoms with E-state index in [0.717, 1.165) is 18.9 Å². The molecule has 1 fully saturated rings. The van der Waals surface area contributed by atoms with Crippen molar-refractivity contribution in [2.24, 2.45) is 5.92 Å². The fourth-order valence-electron chi connectivity index (χ4n) is 3.04. The second-order valence-electron chi connectivity index (χ2n) is 6.40. The smallest absolute Gasteiger partial charge is 0.396 e. The van der Waals surface area contributed by atoms with E-state index in [2.05, 4.69) is 4.98 Å². The molecule has 0 radical (unpaired) electrons. The summed E-state index contributed by atoms with van der Waals surface area (Å²) in [6.45, 7) is 1.34. The topological polar surface area (TPSA) is 53.4 Å². The van der Waals surface area contributed by atoms with Crippen LogP contribution in [-0.2, 0) is 6.18 Å². The van der Waals surface area contributed by atoms with Crippen LogP contribution in [0, 0.1) is 5.92 Å². The highest BCUT2D eigenvalue weighted by atomic mass is 19.4. The normalized spacial score (nSPS) is 15.9. The van der Waals surface area contributed by atoms with Crippen molar-refractivity contribution in [3.05, 3.63) is 53.7 Å². The molecule has 26 heavy (non-hydrogen) atoms. The molecule has 1 amide bonds. The number of benzene rings is 1. The van der Waals surface area contributed by atoms with E-state index in [0.29, 0.717) is 24.2 Å². The standard InChI is InChI=1S/C19H19F3N2O2/c20-19(21,22)17-3-1-2-16(23-17)14-4-6-15(7-5-14)18(26)24-10-8-13(12-25)9-11-24/h1-7,13,25H,8-12H2. The number of aliphatic hydroxyl groups excluding tert-OH is 1. The first-order valence-electron chi connectivity index (χ1n) is 8.43. The number of rotatable bonds is 3. The lowest BCUT2D eigenvalue weighted by atomic mass is 9.97. The Hall–Kier alpha value is -2.41. The van der Waals surface area contributed by atoms with E-state index in [1.54, 1.807) is 29.2 Å². The molecule has 0 bridgehead atoms. The Labute approximate surface area is 149 Å². The molecule has 7 heteroatoms. The molecule has 0 saturated carbocycles. The highest BCUT2D eigenvalue weighted by Gasteiger charge is 2.32. The van der Waals surface area contributed by atoms with Gasteiger partial charge in [-0.3, -0.25) is 4.79 Å². The van der Waals surface area contributed by atoms with E-state index in [-0.39, 0.29) is 24.1 Å². The number of halogens is 3. The van der Waals surface area contributed by atoms with Gasteiger partial charge in [0.15, 0.2) is 0 Å². The summed E-state index contributed by atoms with van der Waals surface area (Å²) < 4.78 is 38.4. The van der Waals surface area contributed by atoms with E-state index in [4.69, 9.17) is 5.11 Å². The molecule has 1 aliphatic heterocycles. The molecule has 1 aromatic carbocycles. The Balaban J connectivity index is 1.74. The number of nitrogens with zero attached hydrogens (tertiary/aromatic N) is 2.